The smallest absolute Gasteiger partial charge is 0.170 e. The zero-order chi connectivity index (χ0) is 15.4. The minimum atomic E-state index is -0.356. The quantitative estimate of drug-likeness (QED) is 0.350. The van der Waals surface area contributed by atoms with Crippen LogP contribution in [0.2, 0.25) is 5.02 Å². The van der Waals surface area contributed by atoms with Crippen LogP contribution in [0.4, 0.5) is 10.1 Å². The Morgan fingerprint density at radius 3 is 2.76 bits per heavy atom. The molecule has 4 nitrogen and oxygen atoms in total. The van der Waals surface area contributed by atoms with Gasteiger partial charge in [-0.25, -0.2) is 4.39 Å². The number of hydrogen-bond acceptors (Lipinski definition) is 3. The molecule has 0 unspecified atom stereocenters. The van der Waals surface area contributed by atoms with E-state index < -0.39 is 0 Å². The fourth-order valence-corrected chi connectivity index (χ4v) is 2.11. The molecule has 0 heterocycles. The van der Waals surface area contributed by atoms with Crippen molar-refractivity contribution in [2.45, 2.75) is 13.5 Å². The van der Waals surface area contributed by atoms with Gasteiger partial charge in [0.2, 0.25) is 0 Å². The van der Waals surface area contributed by atoms with Gasteiger partial charge in [0, 0.05) is 17.1 Å². The van der Waals surface area contributed by atoms with Crippen LogP contribution in [0.3, 0.4) is 0 Å². The molecule has 0 saturated carbocycles. The Hall–Kier alpha value is -2.27. The Kier molecular flexibility index (Phi) is 4.65. The van der Waals surface area contributed by atoms with Crippen molar-refractivity contribution in [3.05, 3.63) is 63.9 Å². The summed E-state index contributed by atoms with van der Waals surface area (Å²) >= 11 is 5.84. The third kappa shape index (κ3) is 3.64. The molecule has 2 aromatic rings. The summed E-state index contributed by atoms with van der Waals surface area (Å²) in [5.41, 5.74) is 8.45. The summed E-state index contributed by atoms with van der Waals surface area (Å²) in [5.74, 6) is -0.302. The molecule has 110 valence electrons. The second-order valence-corrected chi connectivity index (χ2v) is 5.04. The van der Waals surface area contributed by atoms with E-state index in [-0.39, 0.29) is 11.7 Å². The van der Waals surface area contributed by atoms with Gasteiger partial charge in [-0.3, -0.25) is 0 Å². The Morgan fingerprint density at radius 1 is 1.33 bits per heavy atom. The molecule has 0 spiro atoms. The average molecular weight is 308 g/mol. The fraction of sp³-hybridized carbons (Fsp3) is 0.133. The summed E-state index contributed by atoms with van der Waals surface area (Å²) in [5, 5.41) is 15.1. The molecule has 4 N–H and O–H groups in total. The first-order valence-corrected chi connectivity index (χ1v) is 6.65. The summed E-state index contributed by atoms with van der Waals surface area (Å²) in [6.07, 6.45) is 0. The van der Waals surface area contributed by atoms with Crippen LogP contribution in [0.25, 0.3) is 0 Å². The Bertz CT molecular complexity index is 689. The van der Waals surface area contributed by atoms with E-state index in [0.717, 1.165) is 11.1 Å². The van der Waals surface area contributed by atoms with Gasteiger partial charge in [-0.2, -0.15) is 0 Å². The van der Waals surface area contributed by atoms with Crippen molar-refractivity contribution in [3.8, 4) is 0 Å². The van der Waals surface area contributed by atoms with E-state index >= 15 is 0 Å². The summed E-state index contributed by atoms with van der Waals surface area (Å²) in [4.78, 5) is 0. The van der Waals surface area contributed by atoms with Crippen molar-refractivity contribution < 1.29 is 9.60 Å². The second-order valence-electron chi connectivity index (χ2n) is 4.60. The van der Waals surface area contributed by atoms with Crippen molar-refractivity contribution in [2.24, 2.45) is 10.9 Å². The average Bonchev–Trinajstić information content (AvgIpc) is 2.48. The molecule has 21 heavy (non-hydrogen) atoms. The van der Waals surface area contributed by atoms with E-state index in [4.69, 9.17) is 22.5 Å². The predicted molar refractivity (Wildman–Crippen MR) is 82.4 cm³/mol. The molecule has 0 aliphatic rings. The summed E-state index contributed by atoms with van der Waals surface area (Å²) in [6, 6.07) is 9.75. The molecule has 0 aromatic heterocycles. The van der Waals surface area contributed by atoms with Crippen molar-refractivity contribution in [1.82, 2.24) is 0 Å². The van der Waals surface area contributed by atoms with Gasteiger partial charge in [0.05, 0.1) is 5.69 Å². The number of halogens is 2. The van der Waals surface area contributed by atoms with Crippen LogP contribution in [-0.4, -0.2) is 11.0 Å². The van der Waals surface area contributed by atoms with Crippen molar-refractivity contribution >= 4 is 23.1 Å². The van der Waals surface area contributed by atoms with Crippen LogP contribution in [0.5, 0.6) is 0 Å². The highest BCUT2D eigenvalue weighted by atomic mass is 35.5. The van der Waals surface area contributed by atoms with Crippen molar-refractivity contribution in [3.63, 3.8) is 0 Å². The van der Waals surface area contributed by atoms with Crippen molar-refractivity contribution in [1.29, 1.82) is 0 Å². The molecule has 0 amide bonds. The number of anilines is 1. The number of oxime groups is 1. The van der Waals surface area contributed by atoms with Crippen LogP contribution in [0.1, 0.15) is 16.7 Å². The number of rotatable bonds is 4. The first-order valence-electron chi connectivity index (χ1n) is 6.27. The SMILES string of the molecule is Cc1cc(/C(N)=N/O)ccc1CNc1cc(Cl)ccc1F. The molecular weight excluding hydrogens is 293 g/mol. The highest BCUT2D eigenvalue weighted by molar-refractivity contribution is 6.30. The zero-order valence-corrected chi connectivity index (χ0v) is 12.2. The Balaban J connectivity index is 2.15. The molecule has 0 atom stereocenters. The molecule has 0 bridgehead atoms. The van der Waals surface area contributed by atoms with Gasteiger partial charge >= 0.3 is 0 Å². The Labute approximate surface area is 127 Å². The maximum absolute atomic E-state index is 13.6. The van der Waals surface area contributed by atoms with Gasteiger partial charge in [0.15, 0.2) is 5.84 Å². The summed E-state index contributed by atoms with van der Waals surface area (Å²) in [7, 11) is 0. The highest BCUT2D eigenvalue weighted by Gasteiger charge is 2.06. The first kappa shape index (κ1) is 15.1. The first-order chi connectivity index (χ1) is 10.0. The standard InChI is InChI=1S/C15H15ClFN3O/c1-9-6-10(15(18)20-21)2-3-11(9)8-19-14-7-12(16)4-5-13(14)17/h2-7,19,21H,8H2,1H3,(H2,18,20). The van der Waals surface area contributed by atoms with Gasteiger partial charge in [0.1, 0.15) is 5.82 Å². The molecule has 0 saturated heterocycles. The molecule has 0 fully saturated rings. The highest BCUT2D eigenvalue weighted by Crippen LogP contribution is 2.21. The number of nitrogens with two attached hydrogens (primary N) is 1. The fourth-order valence-electron chi connectivity index (χ4n) is 1.93. The number of aryl methyl sites for hydroxylation is 1. The molecule has 6 heteroatoms. The lowest BCUT2D eigenvalue weighted by molar-refractivity contribution is 0.318. The molecule has 0 aliphatic carbocycles. The Morgan fingerprint density at radius 2 is 2.10 bits per heavy atom. The summed E-state index contributed by atoms with van der Waals surface area (Å²) < 4.78 is 13.6. The zero-order valence-electron chi connectivity index (χ0n) is 11.4. The summed E-state index contributed by atoms with van der Waals surface area (Å²) in [6.45, 7) is 2.35. The van der Waals surface area contributed by atoms with E-state index in [2.05, 4.69) is 10.5 Å². The number of nitrogens with zero attached hydrogens (tertiary/aromatic N) is 1. The van der Waals surface area contributed by atoms with E-state index in [1.165, 1.54) is 18.2 Å². The third-order valence-corrected chi connectivity index (χ3v) is 3.38. The number of hydrogen-bond donors (Lipinski definition) is 3. The lowest BCUT2D eigenvalue weighted by Gasteiger charge is -2.11. The molecule has 2 rings (SSSR count). The normalized spacial score (nSPS) is 11.5. The van der Waals surface area contributed by atoms with Gasteiger partial charge in [0.25, 0.3) is 0 Å². The van der Waals surface area contributed by atoms with Gasteiger partial charge in [-0.1, -0.05) is 28.9 Å². The maximum atomic E-state index is 13.6. The van der Waals surface area contributed by atoms with E-state index in [9.17, 15) is 4.39 Å². The molecular formula is C15H15ClFN3O. The van der Waals surface area contributed by atoms with Crippen LogP contribution >= 0.6 is 11.6 Å². The minimum Gasteiger partial charge on any atom is -0.409 e. The number of amidine groups is 1. The van der Waals surface area contributed by atoms with Crippen LogP contribution < -0.4 is 11.1 Å². The van der Waals surface area contributed by atoms with Crippen molar-refractivity contribution in [2.75, 3.05) is 5.32 Å². The largest absolute Gasteiger partial charge is 0.409 e. The van der Waals surface area contributed by atoms with Gasteiger partial charge < -0.3 is 16.3 Å². The topological polar surface area (TPSA) is 70.6 Å². The lowest BCUT2D eigenvalue weighted by atomic mass is 10.0. The molecule has 0 aliphatic heterocycles. The lowest BCUT2D eigenvalue weighted by Crippen LogP contribution is -2.13. The third-order valence-electron chi connectivity index (χ3n) is 3.14. The maximum Gasteiger partial charge on any atom is 0.170 e. The van der Waals surface area contributed by atoms with Crippen LogP contribution in [0, 0.1) is 12.7 Å². The van der Waals surface area contributed by atoms with E-state index in [1.807, 2.05) is 13.0 Å². The monoisotopic (exact) mass is 307 g/mol. The van der Waals surface area contributed by atoms with Gasteiger partial charge in [-0.15, -0.1) is 0 Å². The number of benzene rings is 2. The second kappa shape index (κ2) is 6.45. The van der Waals surface area contributed by atoms with E-state index in [0.29, 0.717) is 22.8 Å². The predicted octanol–water partition coefficient (Wildman–Crippen LogP) is 3.49. The number of nitrogens with one attached hydrogen (secondary N) is 1. The van der Waals surface area contributed by atoms with Gasteiger partial charge in [-0.05, 0) is 42.3 Å². The minimum absolute atomic E-state index is 0.0542. The molecule has 0 radical (unpaired) electrons. The van der Waals surface area contributed by atoms with Crippen LogP contribution in [-0.2, 0) is 6.54 Å². The van der Waals surface area contributed by atoms with E-state index in [1.54, 1.807) is 12.1 Å². The molecule has 2 aromatic carbocycles. The van der Waals surface area contributed by atoms with Crippen LogP contribution in [0.15, 0.2) is 41.6 Å².